The lowest BCUT2D eigenvalue weighted by atomic mass is 9.97. The van der Waals surface area contributed by atoms with E-state index in [9.17, 15) is 27.1 Å². The van der Waals surface area contributed by atoms with Crippen molar-refractivity contribution in [2.45, 2.75) is 35.9 Å². The number of hydrogen-bond donors (Lipinski definition) is 7. The van der Waals surface area contributed by atoms with E-state index in [1.54, 1.807) is 0 Å². The van der Waals surface area contributed by atoms with Crippen LogP contribution < -0.4 is 31.7 Å². The Labute approximate surface area is 231 Å². The highest BCUT2D eigenvalue weighted by Gasteiger charge is 2.35. The molecule has 6 rings (SSSR count). The summed E-state index contributed by atoms with van der Waals surface area (Å²) in [5, 5.41) is 12.9. The van der Waals surface area contributed by atoms with Crippen LogP contribution in [0.3, 0.4) is 0 Å². The van der Waals surface area contributed by atoms with Gasteiger partial charge >= 0.3 is 0 Å². The van der Waals surface area contributed by atoms with Gasteiger partial charge in [0.25, 0.3) is 10.0 Å². The predicted octanol–water partition coefficient (Wildman–Crippen LogP) is 2.25. The molecule has 3 aromatic rings. The van der Waals surface area contributed by atoms with Crippen LogP contribution in [0.2, 0.25) is 0 Å². The molecule has 1 unspecified atom stereocenters. The Bertz CT molecular complexity index is 1680. The summed E-state index contributed by atoms with van der Waals surface area (Å²) in [7, 11) is -4.60. The summed E-state index contributed by atoms with van der Waals surface area (Å²) in [5.74, 6) is -4.98. The topological polar surface area (TPSA) is 144 Å². The minimum atomic E-state index is -4.60. The smallest absolute Gasteiger partial charge is 0.262 e. The van der Waals surface area contributed by atoms with E-state index in [1.165, 1.54) is 6.07 Å². The van der Waals surface area contributed by atoms with Crippen LogP contribution in [0.15, 0.2) is 41.3 Å². The van der Waals surface area contributed by atoms with Gasteiger partial charge in [-0.25, -0.2) is 31.4 Å². The Hall–Kier alpha value is -3.76. The fraction of sp³-hybridized carbons (Fsp3) is 0.269. The number of sulfonamides is 1. The summed E-state index contributed by atoms with van der Waals surface area (Å²) in [6.45, 7) is 0.989. The van der Waals surface area contributed by atoms with Crippen molar-refractivity contribution in [2.24, 2.45) is 0 Å². The zero-order chi connectivity index (χ0) is 29.1. The van der Waals surface area contributed by atoms with Gasteiger partial charge in [-0.2, -0.15) is 0 Å². The van der Waals surface area contributed by atoms with Gasteiger partial charge in [0.05, 0.1) is 34.0 Å². The first-order chi connectivity index (χ1) is 19.5. The predicted molar refractivity (Wildman–Crippen MR) is 140 cm³/mol. The molecule has 1 saturated heterocycles. The van der Waals surface area contributed by atoms with Gasteiger partial charge in [0.1, 0.15) is 17.7 Å². The number of nitrogens with one attached hydrogen (secondary N) is 6. The lowest BCUT2D eigenvalue weighted by Crippen LogP contribution is -2.43. The summed E-state index contributed by atoms with van der Waals surface area (Å²) in [5.41, 5.74) is 9.24. The van der Waals surface area contributed by atoms with Crippen molar-refractivity contribution in [1.29, 1.82) is 0 Å². The van der Waals surface area contributed by atoms with E-state index in [-0.39, 0.29) is 41.3 Å². The van der Waals surface area contributed by atoms with Crippen molar-refractivity contribution in [1.82, 2.24) is 21.6 Å². The zero-order valence-corrected chi connectivity index (χ0v) is 21.9. The van der Waals surface area contributed by atoms with Crippen LogP contribution in [0.4, 0.5) is 28.9 Å². The van der Waals surface area contributed by atoms with Gasteiger partial charge in [0.15, 0.2) is 11.6 Å². The molecule has 0 aromatic heterocycles. The molecule has 2 heterocycles. The number of carbonyl (C=O) groups excluding carboxylic acids is 1. The molecule has 0 bridgehead atoms. The fourth-order valence-electron chi connectivity index (χ4n) is 5.38. The quantitative estimate of drug-likeness (QED) is 0.216. The minimum absolute atomic E-state index is 0.121. The van der Waals surface area contributed by atoms with Crippen LogP contribution in [-0.4, -0.2) is 38.6 Å². The van der Waals surface area contributed by atoms with Crippen molar-refractivity contribution in [3.8, 4) is 11.1 Å². The number of anilines is 2. The molecular formula is C26H24F4N6O4S. The lowest BCUT2D eigenvalue weighted by Gasteiger charge is -2.16. The van der Waals surface area contributed by atoms with E-state index in [4.69, 9.17) is 0 Å². The van der Waals surface area contributed by atoms with Gasteiger partial charge in [0.2, 0.25) is 5.91 Å². The third-order valence-electron chi connectivity index (χ3n) is 7.39. The number of benzene rings is 3. The minimum Gasteiger partial charge on any atom is -0.388 e. The Morgan fingerprint density at radius 1 is 0.976 bits per heavy atom. The van der Waals surface area contributed by atoms with E-state index in [0.717, 1.165) is 30.3 Å². The maximum absolute atomic E-state index is 15.7. The van der Waals surface area contributed by atoms with Crippen molar-refractivity contribution in [3.05, 3.63) is 76.4 Å². The standard InChI is InChI=1S/C26H24F4N6O4S/c27-11-7-16-13(3-6-19(16)37)20(8-11)41(39,40)36-18-5-4-17(28)21(23(18)30)14-1-2-15-24(22(14)29)34-35-25(15)26(38)33-12-9-31-32-10-12/h1-2,4-5,7-8,12,19,25,31-32,34-37H,3,6,9-10H2,(H,33,38)/t19-,25?/m0/s1. The molecule has 7 N–H and O–H groups in total. The second kappa shape index (κ2) is 10.3. The number of hydrogen-bond acceptors (Lipinski definition) is 8. The Balaban J connectivity index is 1.33. The number of hydrazine groups is 2. The van der Waals surface area contributed by atoms with Gasteiger partial charge < -0.3 is 15.8 Å². The number of carbonyl (C=O) groups is 1. The zero-order valence-electron chi connectivity index (χ0n) is 21.1. The molecule has 41 heavy (non-hydrogen) atoms. The average Bonchev–Trinajstić information content (AvgIpc) is 3.68. The highest BCUT2D eigenvalue weighted by Crippen LogP contribution is 2.41. The summed E-state index contributed by atoms with van der Waals surface area (Å²) in [6.07, 6.45) is -0.704. The van der Waals surface area contributed by atoms with Gasteiger partial charge in [0, 0.05) is 24.2 Å². The van der Waals surface area contributed by atoms with Gasteiger partial charge in [-0.1, -0.05) is 12.1 Å². The Kier molecular flexibility index (Phi) is 6.86. The molecule has 3 aromatic carbocycles. The fourth-order valence-corrected chi connectivity index (χ4v) is 6.75. The number of fused-ring (bicyclic) bond motifs is 2. The summed E-state index contributed by atoms with van der Waals surface area (Å²) in [4.78, 5) is 12.2. The van der Waals surface area contributed by atoms with E-state index >= 15 is 8.78 Å². The van der Waals surface area contributed by atoms with E-state index < -0.39 is 73.1 Å². The molecule has 216 valence electrons. The summed E-state index contributed by atoms with van der Waals surface area (Å²) in [6, 6.07) is 4.67. The summed E-state index contributed by atoms with van der Waals surface area (Å²) >= 11 is 0. The number of aliphatic hydroxyl groups is 1. The first-order valence-corrected chi connectivity index (χ1v) is 14.1. The molecule has 0 spiro atoms. The van der Waals surface area contributed by atoms with Gasteiger partial charge in [-0.15, -0.1) is 0 Å². The maximum Gasteiger partial charge on any atom is 0.262 e. The van der Waals surface area contributed by atoms with Crippen LogP contribution in [0.25, 0.3) is 11.1 Å². The monoisotopic (exact) mass is 592 g/mol. The molecule has 1 fully saturated rings. The van der Waals surface area contributed by atoms with Crippen molar-refractivity contribution in [3.63, 3.8) is 0 Å². The second-order valence-corrected chi connectivity index (χ2v) is 11.6. The average molecular weight is 593 g/mol. The highest BCUT2D eigenvalue weighted by molar-refractivity contribution is 7.92. The van der Waals surface area contributed by atoms with Crippen molar-refractivity contribution < 1.29 is 35.9 Å². The molecule has 2 atom stereocenters. The number of rotatable bonds is 6. The third-order valence-corrected chi connectivity index (χ3v) is 8.82. The second-order valence-electron chi connectivity index (χ2n) is 9.98. The van der Waals surface area contributed by atoms with Crippen LogP contribution >= 0.6 is 0 Å². The van der Waals surface area contributed by atoms with Gasteiger partial charge in [-0.3, -0.25) is 20.4 Å². The molecule has 3 aliphatic rings. The number of aliphatic hydroxyl groups excluding tert-OH is 1. The van der Waals surface area contributed by atoms with Crippen molar-refractivity contribution >= 4 is 27.3 Å². The molecular weight excluding hydrogens is 568 g/mol. The van der Waals surface area contributed by atoms with Crippen LogP contribution in [-0.2, 0) is 21.2 Å². The molecule has 10 nitrogen and oxygen atoms in total. The van der Waals surface area contributed by atoms with Crippen LogP contribution in [0.5, 0.6) is 0 Å². The van der Waals surface area contributed by atoms with E-state index in [1.807, 2.05) is 4.72 Å². The largest absolute Gasteiger partial charge is 0.388 e. The number of amides is 1. The number of halogens is 4. The van der Waals surface area contributed by atoms with Crippen LogP contribution in [0, 0.1) is 23.3 Å². The highest BCUT2D eigenvalue weighted by atomic mass is 32.2. The van der Waals surface area contributed by atoms with Crippen LogP contribution in [0.1, 0.15) is 35.3 Å². The SMILES string of the molecule is O=C(NC1CNNC1)C1NNc2c1ccc(-c1c(F)ccc(NS(=O)(=O)c3cc(F)cc4c3CC[C@@H]4O)c1F)c2F. The molecule has 15 heteroatoms. The third kappa shape index (κ3) is 4.78. The first-order valence-electron chi connectivity index (χ1n) is 12.7. The van der Waals surface area contributed by atoms with E-state index in [2.05, 4.69) is 27.0 Å². The molecule has 0 radical (unpaired) electrons. The lowest BCUT2D eigenvalue weighted by molar-refractivity contribution is -0.123. The maximum atomic E-state index is 15.7. The normalized spacial score (nSPS) is 20.0. The van der Waals surface area contributed by atoms with Crippen molar-refractivity contribution in [2.75, 3.05) is 23.2 Å². The molecule has 1 amide bonds. The molecule has 0 saturated carbocycles. The van der Waals surface area contributed by atoms with E-state index in [0.29, 0.717) is 13.1 Å². The Morgan fingerprint density at radius 2 is 1.73 bits per heavy atom. The summed E-state index contributed by atoms with van der Waals surface area (Å²) < 4.78 is 88.9. The molecule has 1 aliphatic carbocycles. The first kappa shape index (κ1) is 27.4. The van der Waals surface area contributed by atoms with Gasteiger partial charge in [-0.05, 0) is 48.2 Å². The molecule has 2 aliphatic heterocycles. The Morgan fingerprint density at radius 3 is 2.49 bits per heavy atom.